The summed E-state index contributed by atoms with van der Waals surface area (Å²) in [6, 6.07) is 4.13. The van der Waals surface area contributed by atoms with Crippen molar-refractivity contribution in [1.29, 1.82) is 0 Å². The highest BCUT2D eigenvalue weighted by atomic mass is 32.1. The van der Waals surface area contributed by atoms with Gasteiger partial charge in [-0.25, -0.2) is 4.98 Å². The van der Waals surface area contributed by atoms with Crippen LogP contribution in [-0.4, -0.2) is 22.3 Å². The summed E-state index contributed by atoms with van der Waals surface area (Å²) in [7, 11) is 1.83. The molecule has 0 unspecified atom stereocenters. The van der Waals surface area contributed by atoms with Crippen LogP contribution in [-0.2, 0) is 6.54 Å². The topological polar surface area (TPSA) is 30.2 Å². The molecular weight excluding hydrogens is 194 g/mol. The molecule has 0 bridgehead atoms. The molecule has 2 heterocycles. The minimum Gasteiger partial charge on any atom is -0.331 e. The SMILES string of the molecule is CN=C(Cn1ccnc1)c1cccs1. The van der Waals surface area contributed by atoms with E-state index < -0.39 is 0 Å². The molecule has 0 fully saturated rings. The van der Waals surface area contributed by atoms with Gasteiger partial charge >= 0.3 is 0 Å². The Hall–Kier alpha value is -1.42. The molecule has 0 saturated carbocycles. The molecule has 2 aromatic heterocycles. The summed E-state index contributed by atoms with van der Waals surface area (Å²) < 4.78 is 2.02. The quantitative estimate of drug-likeness (QED) is 0.705. The molecule has 0 atom stereocenters. The van der Waals surface area contributed by atoms with Crippen molar-refractivity contribution in [2.75, 3.05) is 7.05 Å². The van der Waals surface area contributed by atoms with Gasteiger partial charge in [0.05, 0.1) is 18.6 Å². The fourth-order valence-electron chi connectivity index (χ4n) is 1.25. The number of aromatic nitrogens is 2. The third-order valence-corrected chi connectivity index (χ3v) is 2.89. The second kappa shape index (κ2) is 4.19. The summed E-state index contributed by atoms with van der Waals surface area (Å²) >= 11 is 1.71. The van der Waals surface area contributed by atoms with Crippen LogP contribution in [0.4, 0.5) is 0 Å². The molecule has 0 spiro atoms. The Morgan fingerprint density at radius 1 is 1.64 bits per heavy atom. The minimum atomic E-state index is 0.789. The number of nitrogens with zero attached hydrogens (tertiary/aromatic N) is 3. The molecule has 0 amide bonds. The monoisotopic (exact) mass is 205 g/mol. The van der Waals surface area contributed by atoms with E-state index in [1.54, 1.807) is 23.9 Å². The third-order valence-electron chi connectivity index (χ3n) is 1.97. The van der Waals surface area contributed by atoms with Crippen LogP contribution in [0.25, 0.3) is 0 Å². The van der Waals surface area contributed by atoms with E-state index in [1.807, 2.05) is 23.9 Å². The minimum absolute atomic E-state index is 0.789. The number of imidazole rings is 1. The average Bonchev–Trinajstić information content (AvgIpc) is 2.86. The molecule has 0 N–H and O–H groups in total. The second-order valence-corrected chi connectivity index (χ2v) is 3.83. The van der Waals surface area contributed by atoms with Crippen LogP contribution in [0.5, 0.6) is 0 Å². The van der Waals surface area contributed by atoms with Gasteiger partial charge in [0.15, 0.2) is 0 Å². The molecule has 72 valence electrons. The zero-order valence-electron chi connectivity index (χ0n) is 7.92. The van der Waals surface area contributed by atoms with E-state index >= 15 is 0 Å². The van der Waals surface area contributed by atoms with E-state index in [9.17, 15) is 0 Å². The summed E-state index contributed by atoms with van der Waals surface area (Å²) in [6.45, 7) is 0.789. The fourth-order valence-corrected chi connectivity index (χ4v) is 2.01. The van der Waals surface area contributed by atoms with E-state index in [2.05, 4.69) is 21.4 Å². The highest BCUT2D eigenvalue weighted by Crippen LogP contribution is 2.11. The largest absolute Gasteiger partial charge is 0.331 e. The molecule has 0 aliphatic rings. The molecule has 0 aromatic carbocycles. The second-order valence-electron chi connectivity index (χ2n) is 2.88. The van der Waals surface area contributed by atoms with Gasteiger partial charge in [-0.3, -0.25) is 4.99 Å². The number of aliphatic imine (C=N–C) groups is 1. The predicted molar refractivity (Wildman–Crippen MR) is 59.0 cm³/mol. The van der Waals surface area contributed by atoms with Gasteiger partial charge in [-0.1, -0.05) is 6.07 Å². The molecule has 4 heteroatoms. The van der Waals surface area contributed by atoms with E-state index in [4.69, 9.17) is 0 Å². The summed E-state index contributed by atoms with van der Waals surface area (Å²) in [6.07, 6.45) is 5.53. The zero-order chi connectivity index (χ0) is 9.80. The summed E-state index contributed by atoms with van der Waals surface area (Å²) in [5.41, 5.74) is 1.10. The van der Waals surface area contributed by atoms with Crippen LogP contribution in [0.3, 0.4) is 0 Å². The van der Waals surface area contributed by atoms with Gasteiger partial charge in [-0.2, -0.15) is 0 Å². The number of hydrogen-bond acceptors (Lipinski definition) is 3. The first kappa shape index (κ1) is 9.15. The van der Waals surface area contributed by atoms with Crippen LogP contribution in [0.2, 0.25) is 0 Å². The molecule has 3 nitrogen and oxygen atoms in total. The number of rotatable bonds is 3. The van der Waals surface area contributed by atoms with Crippen molar-refractivity contribution in [3.05, 3.63) is 41.1 Å². The van der Waals surface area contributed by atoms with Crippen molar-refractivity contribution < 1.29 is 0 Å². The van der Waals surface area contributed by atoms with Crippen molar-refractivity contribution in [1.82, 2.24) is 9.55 Å². The lowest BCUT2D eigenvalue weighted by Crippen LogP contribution is -2.08. The van der Waals surface area contributed by atoms with E-state index in [0.717, 1.165) is 12.3 Å². The van der Waals surface area contributed by atoms with Crippen LogP contribution < -0.4 is 0 Å². The average molecular weight is 205 g/mol. The molecular formula is C10H11N3S. The Bertz CT molecular complexity index is 401. The summed E-state index contributed by atoms with van der Waals surface area (Å²) in [5, 5.41) is 2.06. The first-order valence-electron chi connectivity index (χ1n) is 4.35. The zero-order valence-corrected chi connectivity index (χ0v) is 8.74. The molecule has 2 rings (SSSR count). The number of thiophene rings is 1. The van der Waals surface area contributed by atoms with Crippen molar-refractivity contribution in [2.24, 2.45) is 4.99 Å². The lowest BCUT2D eigenvalue weighted by molar-refractivity contribution is 0.850. The van der Waals surface area contributed by atoms with Crippen molar-refractivity contribution in [3.63, 3.8) is 0 Å². The van der Waals surface area contributed by atoms with Crippen molar-refractivity contribution in [3.8, 4) is 0 Å². The van der Waals surface area contributed by atoms with Crippen LogP contribution in [0, 0.1) is 0 Å². The van der Waals surface area contributed by atoms with E-state index in [-0.39, 0.29) is 0 Å². The Balaban J connectivity index is 2.17. The number of hydrogen-bond donors (Lipinski definition) is 0. The summed E-state index contributed by atoms with van der Waals surface area (Å²) in [4.78, 5) is 9.51. The standard InChI is InChI=1S/C10H11N3S/c1-11-9(10-3-2-6-14-10)7-13-5-4-12-8-13/h2-6,8H,7H2,1H3. The lowest BCUT2D eigenvalue weighted by atomic mass is 10.3. The molecule has 14 heavy (non-hydrogen) atoms. The molecule has 0 aliphatic carbocycles. The fraction of sp³-hybridized carbons (Fsp3) is 0.200. The summed E-state index contributed by atoms with van der Waals surface area (Å²) in [5.74, 6) is 0. The Morgan fingerprint density at radius 3 is 3.14 bits per heavy atom. The van der Waals surface area contributed by atoms with Gasteiger partial charge in [0.2, 0.25) is 0 Å². The van der Waals surface area contributed by atoms with Crippen LogP contribution in [0.1, 0.15) is 4.88 Å². The molecule has 0 aliphatic heterocycles. The Kier molecular flexibility index (Phi) is 2.74. The van der Waals surface area contributed by atoms with Crippen LogP contribution >= 0.6 is 11.3 Å². The molecule has 2 aromatic rings. The third kappa shape index (κ3) is 1.90. The maximum atomic E-state index is 4.28. The van der Waals surface area contributed by atoms with Gasteiger partial charge in [0, 0.05) is 24.3 Å². The highest BCUT2D eigenvalue weighted by Gasteiger charge is 2.03. The van der Waals surface area contributed by atoms with Crippen LogP contribution in [0.15, 0.2) is 41.2 Å². The van der Waals surface area contributed by atoms with E-state index in [0.29, 0.717) is 0 Å². The molecule has 0 saturated heterocycles. The first-order chi connectivity index (χ1) is 6.90. The van der Waals surface area contributed by atoms with Gasteiger partial charge in [0.25, 0.3) is 0 Å². The predicted octanol–water partition coefficient (Wildman–Crippen LogP) is 2.06. The Morgan fingerprint density at radius 2 is 2.57 bits per heavy atom. The normalized spacial score (nSPS) is 11.9. The van der Waals surface area contributed by atoms with Crippen molar-refractivity contribution >= 4 is 17.0 Å². The van der Waals surface area contributed by atoms with Gasteiger partial charge < -0.3 is 4.57 Å². The maximum Gasteiger partial charge on any atom is 0.0949 e. The lowest BCUT2D eigenvalue weighted by Gasteiger charge is -2.03. The first-order valence-corrected chi connectivity index (χ1v) is 5.23. The van der Waals surface area contributed by atoms with Gasteiger partial charge in [-0.05, 0) is 11.4 Å². The smallest absolute Gasteiger partial charge is 0.0949 e. The van der Waals surface area contributed by atoms with Crippen molar-refractivity contribution in [2.45, 2.75) is 6.54 Å². The van der Waals surface area contributed by atoms with E-state index in [1.165, 1.54) is 4.88 Å². The highest BCUT2D eigenvalue weighted by molar-refractivity contribution is 7.12. The molecule has 0 radical (unpaired) electrons. The van der Waals surface area contributed by atoms with Gasteiger partial charge in [0.1, 0.15) is 0 Å². The van der Waals surface area contributed by atoms with Gasteiger partial charge in [-0.15, -0.1) is 11.3 Å². The maximum absolute atomic E-state index is 4.28. The Labute approximate surface area is 86.8 Å².